The molecule has 3 nitrogen and oxygen atoms in total. The molecule has 2 heterocycles. The van der Waals surface area contributed by atoms with E-state index in [4.69, 9.17) is 4.74 Å². The van der Waals surface area contributed by atoms with Gasteiger partial charge in [0.15, 0.2) is 0 Å². The number of nitrogens with zero attached hydrogens (tertiary/aromatic N) is 1. The number of rotatable bonds is 3. The molecule has 0 radical (unpaired) electrons. The van der Waals surface area contributed by atoms with Gasteiger partial charge in [-0.25, -0.2) is 4.79 Å². The third-order valence-corrected chi connectivity index (χ3v) is 7.91. The third-order valence-electron chi connectivity index (χ3n) is 7.91. The number of fused-ring (bicyclic) bond motifs is 5. The van der Waals surface area contributed by atoms with Crippen molar-refractivity contribution in [2.24, 2.45) is 0 Å². The number of ether oxygens (including phenoxy) is 1. The minimum atomic E-state index is -0.160. The van der Waals surface area contributed by atoms with Gasteiger partial charge in [0.1, 0.15) is 6.61 Å². The van der Waals surface area contributed by atoms with Crippen molar-refractivity contribution in [3.05, 3.63) is 101 Å². The van der Waals surface area contributed by atoms with E-state index < -0.39 is 0 Å². The summed E-state index contributed by atoms with van der Waals surface area (Å²) in [7, 11) is 0. The van der Waals surface area contributed by atoms with Gasteiger partial charge < -0.3 is 4.74 Å². The van der Waals surface area contributed by atoms with Crippen LogP contribution in [0, 0.1) is 13.8 Å². The molecule has 2 aliphatic heterocycles. The summed E-state index contributed by atoms with van der Waals surface area (Å²) in [6.45, 7) is 4.72. The van der Waals surface area contributed by atoms with Crippen LogP contribution in [-0.2, 0) is 4.74 Å². The Morgan fingerprint density at radius 1 is 0.912 bits per heavy atom. The van der Waals surface area contributed by atoms with Gasteiger partial charge in [-0.1, -0.05) is 78.4 Å². The number of piperidine rings is 1. The first-order valence-corrected chi connectivity index (χ1v) is 12.5. The van der Waals surface area contributed by atoms with Gasteiger partial charge in [0.25, 0.3) is 0 Å². The van der Waals surface area contributed by atoms with Gasteiger partial charge in [-0.2, -0.15) is 0 Å². The fourth-order valence-corrected chi connectivity index (χ4v) is 6.36. The second-order valence-electron chi connectivity index (χ2n) is 10.1. The Bertz CT molecular complexity index is 1240. The number of amides is 1. The molecule has 3 aromatic carbocycles. The molecule has 2 bridgehead atoms. The van der Waals surface area contributed by atoms with E-state index in [0.717, 1.165) is 19.3 Å². The monoisotopic (exact) mass is 449 g/mol. The number of benzene rings is 3. The van der Waals surface area contributed by atoms with Crippen LogP contribution in [0.1, 0.15) is 59.4 Å². The Hall–Kier alpha value is -3.33. The highest BCUT2D eigenvalue weighted by molar-refractivity contribution is 5.79. The number of hydrogen-bond donors (Lipinski definition) is 0. The lowest BCUT2D eigenvalue weighted by molar-refractivity contribution is 0.0539. The molecule has 34 heavy (non-hydrogen) atoms. The zero-order valence-corrected chi connectivity index (χ0v) is 20.0. The van der Waals surface area contributed by atoms with Gasteiger partial charge in [-0.15, -0.1) is 0 Å². The van der Waals surface area contributed by atoms with Crippen molar-refractivity contribution >= 4 is 11.7 Å². The van der Waals surface area contributed by atoms with Crippen molar-refractivity contribution < 1.29 is 9.53 Å². The molecule has 1 saturated heterocycles. The molecule has 3 heteroatoms. The topological polar surface area (TPSA) is 29.5 Å². The largest absolute Gasteiger partial charge is 0.448 e. The lowest BCUT2D eigenvalue weighted by atomic mass is 9.82. The molecular formula is C31H31NO2. The van der Waals surface area contributed by atoms with Crippen LogP contribution in [0.4, 0.5) is 4.79 Å². The van der Waals surface area contributed by atoms with Crippen LogP contribution in [0.3, 0.4) is 0 Å². The van der Waals surface area contributed by atoms with Crippen molar-refractivity contribution in [1.29, 1.82) is 0 Å². The summed E-state index contributed by atoms with van der Waals surface area (Å²) < 4.78 is 6.05. The van der Waals surface area contributed by atoms with Crippen molar-refractivity contribution in [2.75, 3.05) is 6.61 Å². The van der Waals surface area contributed by atoms with Gasteiger partial charge in [0.2, 0.25) is 0 Å². The van der Waals surface area contributed by atoms with E-state index in [2.05, 4.69) is 86.7 Å². The molecule has 2 unspecified atom stereocenters. The van der Waals surface area contributed by atoms with Crippen LogP contribution >= 0.6 is 0 Å². The first kappa shape index (κ1) is 21.2. The Morgan fingerprint density at radius 3 is 2.29 bits per heavy atom. The van der Waals surface area contributed by atoms with Gasteiger partial charge in [-0.3, -0.25) is 4.90 Å². The maximum atomic E-state index is 13.4. The maximum Gasteiger partial charge on any atom is 0.410 e. The Kier molecular flexibility index (Phi) is 5.28. The van der Waals surface area contributed by atoms with Crippen molar-refractivity contribution in [3.63, 3.8) is 0 Å². The highest BCUT2D eigenvalue weighted by Crippen LogP contribution is 2.45. The fraction of sp³-hybridized carbons (Fsp3) is 0.323. The van der Waals surface area contributed by atoms with E-state index in [-0.39, 0.29) is 24.1 Å². The average Bonchev–Trinajstić information content (AvgIpc) is 3.15. The zero-order chi connectivity index (χ0) is 23.2. The molecule has 0 aromatic heterocycles. The third kappa shape index (κ3) is 3.55. The summed E-state index contributed by atoms with van der Waals surface area (Å²) >= 11 is 0. The predicted molar refractivity (Wildman–Crippen MR) is 137 cm³/mol. The minimum absolute atomic E-state index is 0.0993. The molecule has 3 aliphatic rings. The van der Waals surface area contributed by atoms with Crippen molar-refractivity contribution in [3.8, 4) is 11.1 Å². The zero-order valence-electron chi connectivity index (χ0n) is 20.0. The second kappa shape index (κ2) is 8.47. The summed E-state index contributed by atoms with van der Waals surface area (Å²) in [5, 5.41) is 0. The van der Waals surface area contributed by atoms with E-state index in [9.17, 15) is 4.79 Å². The highest BCUT2D eigenvalue weighted by atomic mass is 16.6. The number of carbonyl (C=O) groups is 1. The molecule has 3 aromatic rings. The van der Waals surface area contributed by atoms with Crippen LogP contribution < -0.4 is 0 Å². The molecule has 172 valence electrons. The summed E-state index contributed by atoms with van der Waals surface area (Å²) in [6.07, 6.45) is 6.30. The van der Waals surface area contributed by atoms with Gasteiger partial charge in [0.05, 0.1) is 6.04 Å². The molecule has 6 rings (SSSR count). The second-order valence-corrected chi connectivity index (χ2v) is 10.1. The number of aryl methyl sites for hydroxylation is 2. The standard InChI is InChI=1S/C31H31NO2/c1-20-14-15-25(21(2)16-20)22-17-23-8-7-9-24(18-22)32(23)31(33)34-19-30-28-12-5-3-10-26(28)27-11-4-6-13-29(27)30/h3-6,10-17,23-24,30H,7-9,18-19H2,1-2H3. The van der Waals surface area contributed by atoms with Gasteiger partial charge >= 0.3 is 6.09 Å². The summed E-state index contributed by atoms with van der Waals surface area (Å²) in [6, 6.07) is 24.0. The first-order chi connectivity index (χ1) is 16.6. The SMILES string of the molecule is Cc1ccc(C2=CC3CCCC(C2)N3C(=O)OCC2c3ccccc3-c3ccccc32)c(C)c1. The summed E-state index contributed by atoms with van der Waals surface area (Å²) in [5.74, 6) is 0.0993. The lowest BCUT2D eigenvalue weighted by Crippen LogP contribution is -2.51. The Labute approximate surface area is 202 Å². The van der Waals surface area contributed by atoms with E-state index >= 15 is 0 Å². The number of carbonyl (C=O) groups excluding carboxylic acids is 1. The molecule has 1 amide bonds. The van der Waals surface area contributed by atoms with E-state index in [0.29, 0.717) is 6.61 Å². The van der Waals surface area contributed by atoms with E-state index in [1.54, 1.807) is 0 Å². The summed E-state index contributed by atoms with van der Waals surface area (Å²) in [5.41, 5.74) is 10.4. The molecule has 0 saturated carbocycles. The van der Waals surface area contributed by atoms with Crippen LogP contribution in [0.15, 0.2) is 72.8 Å². The summed E-state index contributed by atoms with van der Waals surface area (Å²) in [4.78, 5) is 15.5. The molecule has 1 fully saturated rings. The normalized spacial score (nSPS) is 21.0. The van der Waals surface area contributed by atoms with Crippen LogP contribution in [0.25, 0.3) is 16.7 Å². The lowest BCUT2D eigenvalue weighted by Gasteiger charge is -2.44. The maximum absolute atomic E-state index is 13.4. The molecule has 2 atom stereocenters. The quantitative estimate of drug-likeness (QED) is 0.421. The minimum Gasteiger partial charge on any atom is -0.448 e. The van der Waals surface area contributed by atoms with Crippen molar-refractivity contribution in [2.45, 2.75) is 57.5 Å². The average molecular weight is 450 g/mol. The van der Waals surface area contributed by atoms with E-state index in [1.165, 1.54) is 50.9 Å². The van der Waals surface area contributed by atoms with Crippen LogP contribution in [-0.4, -0.2) is 29.7 Å². The molecule has 0 spiro atoms. The fourth-order valence-electron chi connectivity index (χ4n) is 6.36. The number of hydrogen-bond acceptors (Lipinski definition) is 2. The van der Waals surface area contributed by atoms with E-state index in [1.807, 2.05) is 4.90 Å². The molecule has 0 N–H and O–H groups in total. The molecule has 1 aliphatic carbocycles. The van der Waals surface area contributed by atoms with Gasteiger partial charge in [-0.05, 0) is 78.5 Å². The smallest absolute Gasteiger partial charge is 0.410 e. The Balaban J connectivity index is 1.23. The molecular weight excluding hydrogens is 418 g/mol. The Morgan fingerprint density at radius 2 is 1.62 bits per heavy atom. The predicted octanol–water partition coefficient (Wildman–Crippen LogP) is 7.26. The van der Waals surface area contributed by atoms with Crippen molar-refractivity contribution in [1.82, 2.24) is 4.90 Å². The first-order valence-electron chi connectivity index (χ1n) is 12.5. The van der Waals surface area contributed by atoms with Gasteiger partial charge in [0, 0.05) is 12.0 Å². The highest BCUT2D eigenvalue weighted by Gasteiger charge is 2.39. The van der Waals surface area contributed by atoms with Crippen LogP contribution in [0.5, 0.6) is 0 Å². The van der Waals surface area contributed by atoms with Crippen LogP contribution in [0.2, 0.25) is 0 Å².